The third-order valence-electron chi connectivity index (χ3n) is 3.51. The molecule has 0 atom stereocenters. The molecule has 0 radical (unpaired) electrons. The summed E-state index contributed by atoms with van der Waals surface area (Å²) in [7, 11) is 0. The summed E-state index contributed by atoms with van der Waals surface area (Å²) in [5, 5.41) is 8.44. The van der Waals surface area contributed by atoms with Crippen LogP contribution in [0.5, 0.6) is 0 Å². The van der Waals surface area contributed by atoms with Gasteiger partial charge in [-0.15, -0.1) is 10.2 Å². The van der Waals surface area contributed by atoms with Crippen LogP contribution in [0.3, 0.4) is 0 Å². The molecule has 1 aliphatic carbocycles. The van der Waals surface area contributed by atoms with E-state index in [1.165, 1.54) is 0 Å². The van der Waals surface area contributed by atoms with Crippen LogP contribution >= 0.6 is 11.3 Å². The Labute approximate surface area is 123 Å². The average Bonchev–Trinajstić information content (AvgIpc) is 3.06. The minimum atomic E-state index is -4.50. The highest BCUT2D eigenvalue weighted by atomic mass is 32.1. The van der Waals surface area contributed by atoms with E-state index in [0.717, 1.165) is 12.8 Å². The zero-order valence-corrected chi connectivity index (χ0v) is 12.3. The molecule has 1 aromatic rings. The van der Waals surface area contributed by atoms with Gasteiger partial charge in [-0.3, -0.25) is 4.79 Å². The lowest BCUT2D eigenvalue weighted by Crippen LogP contribution is -2.37. The van der Waals surface area contributed by atoms with E-state index < -0.39 is 16.6 Å². The van der Waals surface area contributed by atoms with Gasteiger partial charge in [-0.2, -0.15) is 13.2 Å². The Balaban J connectivity index is 2.02. The molecular weight excluding hydrogens is 307 g/mol. The average molecular weight is 323 g/mol. The predicted octanol–water partition coefficient (Wildman–Crippen LogP) is 3.09. The summed E-state index contributed by atoms with van der Waals surface area (Å²) in [5.74, 6) is -0.296. The van der Waals surface area contributed by atoms with E-state index >= 15 is 0 Å². The van der Waals surface area contributed by atoms with Gasteiger partial charge in [0.05, 0.1) is 12.0 Å². The Kier molecular flexibility index (Phi) is 4.70. The predicted molar refractivity (Wildman–Crippen MR) is 70.9 cm³/mol. The number of alkyl halides is 3. The summed E-state index contributed by atoms with van der Waals surface area (Å²) in [6, 6.07) is 0. The van der Waals surface area contributed by atoms with Crippen molar-refractivity contribution >= 4 is 22.4 Å². The van der Waals surface area contributed by atoms with E-state index in [4.69, 9.17) is 4.74 Å². The molecule has 0 aromatic carbocycles. The van der Waals surface area contributed by atoms with Crippen molar-refractivity contribution in [1.29, 1.82) is 0 Å². The fourth-order valence-corrected chi connectivity index (χ4v) is 3.05. The van der Waals surface area contributed by atoms with Crippen LogP contribution in [0.15, 0.2) is 0 Å². The molecule has 1 N–H and O–H groups in total. The number of hydrogen-bond acceptors (Lipinski definition) is 6. The van der Waals surface area contributed by atoms with Gasteiger partial charge in [0, 0.05) is 6.54 Å². The van der Waals surface area contributed by atoms with E-state index in [0.29, 0.717) is 24.2 Å². The van der Waals surface area contributed by atoms with Crippen LogP contribution < -0.4 is 5.32 Å². The van der Waals surface area contributed by atoms with Crippen molar-refractivity contribution in [2.75, 3.05) is 18.5 Å². The SMILES string of the molecule is CCOC(=O)C1(CNc2nnc(C(F)(F)F)s2)CCCC1. The topological polar surface area (TPSA) is 64.1 Å². The summed E-state index contributed by atoms with van der Waals surface area (Å²) in [6.45, 7) is 2.24. The lowest BCUT2D eigenvalue weighted by Gasteiger charge is -2.26. The molecule has 1 heterocycles. The van der Waals surface area contributed by atoms with E-state index in [1.807, 2.05) is 0 Å². The number of nitrogens with one attached hydrogen (secondary N) is 1. The fraction of sp³-hybridized carbons (Fsp3) is 0.750. The zero-order valence-electron chi connectivity index (χ0n) is 11.5. The highest BCUT2D eigenvalue weighted by molar-refractivity contribution is 7.15. The van der Waals surface area contributed by atoms with Crippen LogP contribution in [-0.4, -0.2) is 29.3 Å². The van der Waals surface area contributed by atoms with E-state index in [1.54, 1.807) is 6.92 Å². The normalized spacial score (nSPS) is 17.7. The molecule has 0 amide bonds. The number of aromatic nitrogens is 2. The summed E-state index contributed by atoms with van der Waals surface area (Å²) in [5.41, 5.74) is -0.667. The maximum atomic E-state index is 12.5. The second kappa shape index (κ2) is 6.17. The molecule has 9 heteroatoms. The lowest BCUT2D eigenvalue weighted by atomic mass is 9.86. The lowest BCUT2D eigenvalue weighted by molar-refractivity contribution is -0.154. The Morgan fingerprint density at radius 2 is 2.05 bits per heavy atom. The number of carbonyl (C=O) groups is 1. The molecule has 21 heavy (non-hydrogen) atoms. The summed E-state index contributed by atoms with van der Waals surface area (Å²) in [4.78, 5) is 12.1. The number of nitrogens with zero attached hydrogens (tertiary/aromatic N) is 2. The minimum absolute atomic E-state index is 0.0675. The van der Waals surface area contributed by atoms with Crippen molar-refractivity contribution < 1.29 is 22.7 Å². The van der Waals surface area contributed by atoms with Gasteiger partial charge in [0.15, 0.2) is 0 Å². The van der Waals surface area contributed by atoms with Gasteiger partial charge in [-0.05, 0) is 19.8 Å². The first-order chi connectivity index (χ1) is 9.87. The van der Waals surface area contributed by atoms with Gasteiger partial charge in [-0.25, -0.2) is 0 Å². The second-order valence-corrected chi connectivity index (χ2v) is 5.95. The van der Waals surface area contributed by atoms with Crippen molar-refractivity contribution in [3.63, 3.8) is 0 Å². The summed E-state index contributed by atoms with van der Waals surface area (Å²) >= 11 is 0.437. The first kappa shape index (κ1) is 16.0. The van der Waals surface area contributed by atoms with Crippen LogP contribution in [0.4, 0.5) is 18.3 Å². The molecule has 1 saturated carbocycles. The van der Waals surface area contributed by atoms with Crippen molar-refractivity contribution in [2.24, 2.45) is 5.41 Å². The van der Waals surface area contributed by atoms with Gasteiger partial charge in [-0.1, -0.05) is 24.2 Å². The quantitative estimate of drug-likeness (QED) is 0.844. The molecule has 1 fully saturated rings. The van der Waals surface area contributed by atoms with E-state index in [9.17, 15) is 18.0 Å². The third-order valence-corrected chi connectivity index (χ3v) is 4.44. The molecule has 0 saturated heterocycles. The second-order valence-electron chi connectivity index (χ2n) is 4.97. The number of anilines is 1. The zero-order chi connectivity index (χ0) is 15.5. The van der Waals surface area contributed by atoms with E-state index in [2.05, 4.69) is 15.5 Å². The molecule has 1 aliphatic rings. The van der Waals surface area contributed by atoms with Crippen LogP contribution in [0.25, 0.3) is 0 Å². The molecule has 0 aliphatic heterocycles. The Hall–Kier alpha value is -1.38. The molecule has 2 rings (SSSR count). The van der Waals surface area contributed by atoms with Crippen LogP contribution in [0.1, 0.15) is 37.6 Å². The van der Waals surface area contributed by atoms with Crippen molar-refractivity contribution in [3.8, 4) is 0 Å². The highest BCUT2D eigenvalue weighted by Crippen LogP contribution is 2.40. The van der Waals surface area contributed by atoms with Gasteiger partial charge >= 0.3 is 12.1 Å². The molecule has 118 valence electrons. The van der Waals surface area contributed by atoms with E-state index in [-0.39, 0.29) is 24.3 Å². The van der Waals surface area contributed by atoms with Crippen molar-refractivity contribution in [2.45, 2.75) is 38.8 Å². The first-order valence-electron chi connectivity index (χ1n) is 6.69. The number of hydrogen-bond donors (Lipinski definition) is 1. The summed E-state index contributed by atoms with van der Waals surface area (Å²) < 4.78 is 42.4. The number of rotatable bonds is 5. The van der Waals surface area contributed by atoms with Crippen LogP contribution in [0.2, 0.25) is 0 Å². The largest absolute Gasteiger partial charge is 0.466 e. The maximum absolute atomic E-state index is 12.5. The Bertz CT molecular complexity index is 498. The highest BCUT2D eigenvalue weighted by Gasteiger charge is 2.43. The van der Waals surface area contributed by atoms with Crippen molar-refractivity contribution in [1.82, 2.24) is 10.2 Å². The van der Waals surface area contributed by atoms with Gasteiger partial charge in [0.2, 0.25) is 10.1 Å². The van der Waals surface area contributed by atoms with Gasteiger partial charge in [0.1, 0.15) is 0 Å². The molecule has 0 spiro atoms. The minimum Gasteiger partial charge on any atom is -0.466 e. The molecule has 0 bridgehead atoms. The standard InChI is InChI=1S/C12H16F3N3O2S/c1-2-20-9(19)11(5-3-4-6-11)7-16-10-18-17-8(21-10)12(13,14)15/h2-7H2,1H3,(H,16,18). The van der Waals surface area contributed by atoms with Gasteiger partial charge in [0.25, 0.3) is 0 Å². The number of esters is 1. The molecular formula is C12H16F3N3O2S. The number of halogens is 3. The van der Waals surface area contributed by atoms with Crippen LogP contribution in [-0.2, 0) is 15.7 Å². The molecule has 5 nitrogen and oxygen atoms in total. The smallest absolute Gasteiger partial charge is 0.445 e. The molecule has 1 aromatic heterocycles. The Morgan fingerprint density at radius 1 is 1.38 bits per heavy atom. The monoisotopic (exact) mass is 323 g/mol. The van der Waals surface area contributed by atoms with Gasteiger partial charge < -0.3 is 10.1 Å². The third kappa shape index (κ3) is 3.63. The maximum Gasteiger partial charge on any atom is 0.445 e. The number of ether oxygens (including phenoxy) is 1. The number of carbonyl (C=O) groups excluding carboxylic acids is 1. The van der Waals surface area contributed by atoms with Crippen molar-refractivity contribution in [3.05, 3.63) is 5.01 Å². The summed E-state index contributed by atoms with van der Waals surface area (Å²) in [6.07, 6.45) is -1.34. The fourth-order valence-electron chi connectivity index (χ4n) is 2.44. The first-order valence-corrected chi connectivity index (χ1v) is 7.51. The Morgan fingerprint density at radius 3 is 2.57 bits per heavy atom. The van der Waals surface area contributed by atoms with Crippen LogP contribution in [0, 0.1) is 5.41 Å². The molecule has 0 unspecified atom stereocenters.